The second kappa shape index (κ2) is 7.71. The average Bonchev–Trinajstić information content (AvgIpc) is 2.93. The molecular weight excluding hydrogens is 398 g/mol. The monoisotopic (exact) mass is 419 g/mol. The first-order valence-electron chi connectivity index (χ1n) is 9.78. The quantitative estimate of drug-likeness (QED) is 0.594. The predicted molar refractivity (Wildman–Crippen MR) is 118 cm³/mol. The van der Waals surface area contributed by atoms with Gasteiger partial charge in [0, 0.05) is 16.1 Å². The zero-order valence-corrected chi connectivity index (χ0v) is 17.6. The van der Waals surface area contributed by atoms with E-state index in [-0.39, 0.29) is 12.2 Å². The number of ketones is 1. The maximum atomic E-state index is 13.4. The van der Waals surface area contributed by atoms with Gasteiger partial charge in [-0.3, -0.25) is 9.59 Å². The van der Waals surface area contributed by atoms with Crippen molar-refractivity contribution in [3.63, 3.8) is 0 Å². The van der Waals surface area contributed by atoms with Gasteiger partial charge in [0.1, 0.15) is 0 Å². The fraction of sp³-hybridized carbons (Fsp3) is 0.200. The number of para-hydroxylation sites is 1. The summed E-state index contributed by atoms with van der Waals surface area (Å²) < 4.78 is 0. The van der Waals surface area contributed by atoms with Crippen LogP contribution in [0.1, 0.15) is 39.0 Å². The molecule has 0 unspecified atom stereocenters. The molecule has 1 amide bonds. The van der Waals surface area contributed by atoms with Gasteiger partial charge < -0.3 is 10.0 Å². The molecule has 5 heteroatoms. The normalized spacial score (nSPS) is 17.9. The lowest BCUT2D eigenvalue weighted by Gasteiger charge is -2.23. The SMILES string of the molecule is Cc1ccc(C)c(CN2C(=O)[C@@](O)(CC(=O)c3ccc(Cl)cc3)c3ccccc32)c1. The first kappa shape index (κ1) is 20.3. The number of rotatable bonds is 5. The van der Waals surface area contributed by atoms with Crippen LogP contribution in [-0.4, -0.2) is 16.8 Å². The molecule has 1 aliphatic heterocycles. The van der Waals surface area contributed by atoms with Crippen LogP contribution in [0.2, 0.25) is 5.02 Å². The summed E-state index contributed by atoms with van der Waals surface area (Å²) >= 11 is 5.90. The van der Waals surface area contributed by atoms with E-state index in [0.29, 0.717) is 28.4 Å². The zero-order valence-electron chi connectivity index (χ0n) is 16.9. The molecule has 0 radical (unpaired) electrons. The van der Waals surface area contributed by atoms with E-state index in [1.54, 1.807) is 41.3 Å². The van der Waals surface area contributed by atoms with Gasteiger partial charge in [-0.15, -0.1) is 0 Å². The summed E-state index contributed by atoms with van der Waals surface area (Å²) in [6.07, 6.45) is -0.326. The molecule has 0 saturated carbocycles. The molecule has 3 aromatic rings. The number of hydrogen-bond acceptors (Lipinski definition) is 3. The summed E-state index contributed by atoms with van der Waals surface area (Å²) in [7, 11) is 0. The number of aryl methyl sites for hydroxylation is 2. The van der Waals surface area contributed by atoms with Crippen molar-refractivity contribution in [2.45, 2.75) is 32.4 Å². The third-order valence-electron chi connectivity index (χ3n) is 5.66. The van der Waals surface area contributed by atoms with Crippen LogP contribution in [-0.2, 0) is 16.9 Å². The topological polar surface area (TPSA) is 57.6 Å². The first-order valence-corrected chi connectivity index (χ1v) is 10.2. The number of hydrogen-bond donors (Lipinski definition) is 1. The molecule has 4 nitrogen and oxygen atoms in total. The Balaban J connectivity index is 1.69. The Morgan fingerprint density at radius 3 is 2.47 bits per heavy atom. The van der Waals surface area contributed by atoms with Crippen LogP contribution in [0.3, 0.4) is 0 Å². The molecule has 0 aliphatic carbocycles. The Kier molecular flexibility index (Phi) is 5.22. The Morgan fingerprint density at radius 2 is 1.73 bits per heavy atom. The number of Topliss-reactive ketones (excluding diaryl/α,β-unsaturated/α-hetero) is 1. The molecule has 152 valence electrons. The third-order valence-corrected chi connectivity index (χ3v) is 5.91. The van der Waals surface area contributed by atoms with E-state index in [0.717, 1.165) is 16.7 Å². The van der Waals surface area contributed by atoms with E-state index in [9.17, 15) is 14.7 Å². The maximum absolute atomic E-state index is 13.4. The highest BCUT2D eigenvalue weighted by molar-refractivity contribution is 6.30. The van der Waals surface area contributed by atoms with Crippen LogP contribution < -0.4 is 4.90 Å². The lowest BCUT2D eigenvalue weighted by atomic mass is 9.88. The number of halogens is 1. The maximum Gasteiger partial charge on any atom is 0.264 e. The van der Waals surface area contributed by atoms with E-state index in [4.69, 9.17) is 11.6 Å². The van der Waals surface area contributed by atoms with Crippen LogP contribution in [0.5, 0.6) is 0 Å². The fourth-order valence-corrected chi connectivity index (χ4v) is 4.07. The molecular formula is C25H22ClNO3. The molecule has 1 aliphatic rings. The molecule has 0 bridgehead atoms. The molecule has 0 aromatic heterocycles. The molecule has 3 aromatic carbocycles. The Bertz CT molecular complexity index is 1140. The first-order chi connectivity index (χ1) is 14.3. The van der Waals surface area contributed by atoms with Crippen LogP contribution >= 0.6 is 11.6 Å². The van der Waals surface area contributed by atoms with Gasteiger partial charge in [0.2, 0.25) is 0 Å². The summed E-state index contributed by atoms with van der Waals surface area (Å²) in [5, 5.41) is 12.0. The van der Waals surface area contributed by atoms with Crippen LogP contribution in [0.4, 0.5) is 5.69 Å². The van der Waals surface area contributed by atoms with Crippen molar-refractivity contribution < 1.29 is 14.7 Å². The molecule has 1 N–H and O–H groups in total. The van der Waals surface area contributed by atoms with Crippen LogP contribution in [0.25, 0.3) is 0 Å². The van der Waals surface area contributed by atoms with E-state index in [1.807, 2.05) is 44.2 Å². The molecule has 1 atom stereocenters. The van der Waals surface area contributed by atoms with Gasteiger partial charge in [-0.2, -0.15) is 0 Å². The van der Waals surface area contributed by atoms with Crippen molar-refractivity contribution >= 4 is 29.0 Å². The highest BCUT2D eigenvalue weighted by atomic mass is 35.5. The lowest BCUT2D eigenvalue weighted by Crippen LogP contribution is -2.41. The van der Waals surface area contributed by atoms with E-state index in [2.05, 4.69) is 0 Å². The van der Waals surface area contributed by atoms with Gasteiger partial charge in [-0.25, -0.2) is 0 Å². The van der Waals surface area contributed by atoms with Crippen molar-refractivity contribution in [3.05, 3.63) is 99.6 Å². The summed E-state index contributed by atoms with van der Waals surface area (Å²) in [4.78, 5) is 27.8. The minimum atomic E-state index is -1.90. The summed E-state index contributed by atoms with van der Waals surface area (Å²) in [5.74, 6) is -0.794. The van der Waals surface area contributed by atoms with Gasteiger partial charge in [-0.1, -0.05) is 53.6 Å². The lowest BCUT2D eigenvalue weighted by molar-refractivity contribution is -0.136. The van der Waals surface area contributed by atoms with E-state index >= 15 is 0 Å². The average molecular weight is 420 g/mol. The highest BCUT2D eigenvalue weighted by Crippen LogP contribution is 2.43. The Labute approximate surface area is 180 Å². The Hall–Kier alpha value is -2.95. The minimum absolute atomic E-state index is 0.314. The van der Waals surface area contributed by atoms with Gasteiger partial charge in [0.15, 0.2) is 11.4 Å². The van der Waals surface area contributed by atoms with Gasteiger partial charge in [0.05, 0.1) is 18.7 Å². The van der Waals surface area contributed by atoms with Crippen molar-refractivity contribution in [2.75, 3.05) is 4.90 Å². The molecule has 30 heavy (non-hydrogen) atoms. The van der Waals surface area contributed by atoms with Crippen molar-refractivity contribution in [1.82, 2.24) is 0 Å². The number of carbonyl (C=O) groups is 2. The molecule has 0 spiro atoms. The second-order valence-electron chi connectivity index (χ2n) is 7.81. The molecule has 0 fully saturated rings. The summed E-state index contributed by atoms with van der Waals surface area (Å²) in [6, 6.07) is 19.7. The molecule has 1 heterocycles. The predicted octanol–water partition coefficient (Wildman–Crippen LogP) is 4.96. The number of carbonyl (C=O) groups excluding carboxylic acids is 2. The van der Waals surface area contributed by atoms with Crippen LogP contribution in [0, 0.1) is 13.8 Å². The van der Waals surface area contributed by atoms with E-state index < -0.39 is 11.5 Å². The second-order valence-corrected chi connectivity index (χ2v) is 8.24. The van der Waals surface area contributed by atoms with Crippen molar-refractivity contribution in [3.8, 4) is 0 Å². The zero-order chi connectivity index (χ0) is 21.5. The number of fused-ring (bicyclic) bond motifs is 1. The summed E-state index contributed by atoms with van der Waals surface area (Å²) in [5.41, 5.74) is 2.78. The van der Waals surface area contributed by atoms with Crippen LogP contribution in [0.15, 0.2) is 66.7 Å². The van der Waals surface area contributed by atoms with Gasteiger partial charge in [0.25, 0.3) is 5.91 Å². The smallest absolute Gasteiger partial charge is 0.264 e. The Morgan fingerprint density at radius 1 is 1.03 bits per heavy atom. The van der Waals surface area contributed by atoms with E-state index in [1.165, 1.54) is 0 Å². The number of aliphatic hydroxyl groups is 1. The largest absolute Gasteiger partial charge is 0.375 e. The number of nitrogens with zero attached hydrogens (tertiary/aromatic N) is 1. The van der Waals surface area contributed by atoms with Crippen molar-refractivity contribution in [1.29, 1.82) is 0 Å². The van der Waals surface area contributed by atoms with Gasteiger partial charge in [-0.05, 0) is 55.3 Å². The standard InChI is InChI=1S/C25H22ClNO3/c1-16-7-8-17(2)19(13-16)15-27-22-6-4-3-5-21(22)25(30,24(27)29)14-23(28)18-9-11-20(26)12-10-18/h3-13,30H,14-15H2,1-2H3/t25-/m1/s1. The highest BCUT2D eigenvalue weighted by Gasteiger charge is 2.50. The minimum Gasteiger partial charge on any atom is -0.375 e. The van der Waals surface area contributed by atoms with Crippen molar-refractivity contribution in [2.24, 2.45) is 0 Å². The number of amides is 1. The third kappa shape index (κ3) is 3.53. The summed E-state index contributed by atoms with van der Waals surface area (Å²) in [6.45, 7) is 4.34. The number of benzene rings is 3. The van der Waals surface area contributed by atoms with Gasteiger partial charge >= 0.3 is 0 Å². The molecule has 0 saturated heterocycles. The number of anilines is 1. The fourth-order valence-electron chi connectivity index (χ4n) is 3.95. The molecule has 4 rings (SSSR count).